The number of benzene rings is 1. The van der Waals surface area contributed by atoms with Crippen molar-refractivity contribution in [1.82, 2.24) is 9.55 Å². The first-order valence-electron chi connectivity index (χ1n) is 6.20. The number of carbonyl (C=O) groups is 1. The molecule has 2 aromatic rings. The molecule has 0 atom stereocenters. The molecule has 6 heteroatoms. The predicted octanol–water partition coefficient (Wildman–Crippen LogP) is 3.76. The number of hydrogen-bond acceptors (Lipinski definition) is 2. The number of nitrogens with zero attached hydrogens (tertiary/aromatic N) is 2. The summed E-state index contributed by atoms with van der Waals surface area (Å²) in [6.45, 7) is 2.72. The van der Waals surface area contributed by atoms with Gasteiger partial charge in [-0.05, 0) is 18.6 Å². The van der Waals surface area contributed by atoms with Gasteiger partial charge < -0.3 is 4.57 Å². The summed E-state index contributed by atoms with van der Waals surface area (Å²) in [5.41, 5.74) is -0.515. The highest BCUT2D eigenvalue weighted by atomic mass is 79.9. The van der Waals surface area contributed by atoms with E-state index in [-0.39, 0.29) is 10.9 Å². The van der Waals surface area contributed by atoms with Gasteiger partial charge in [-0.25, -0.2) is 13.8 Å². The topological polar surface area (TPSA) is 34.9 Å². The number of halogens is 3. The van der Waals surface area contributed by atoms with Crippen molar-refractivity contribution in [1.29, 1.82) is 0 Å². The molecule has 0 amide bonds. The van der Waals surface area contributed by atoms with E-state index in [2.05, 4.69) is 20.9 Å². The molecule has 0 spiro atoms. The van der Waals surface area contributed by atoms with E-state index >= 15 is 0 Å². The van der Waals surface area contributed by atoms with Crippen molar-refractivity contribution in [2.75, 3.05) is 0 Å². The highest BCUT2D eigenvalue weighted by molar-refractivity contribution is 9.10. The normalized spacial score (nSPS) is 10.8. The molecule has 0 aliphatic carbocycles. The third-order valence-electron chi connectivity index (χ3n) is 2.87. The Balaban J connectivity index is 2.26. The summed E-state index contributed by atoms with van der Waals surface area (Å²) in [5.74, 6) is -1.83. The summed E-state index contributed by atoms with van der Waals surface area (Å²) < 4.78 is 29.5. The van der Waals surface area contributed by atoms with Crippen LogP contribution in [0, 0.1) is 11.6 Å². The van der Waals surface area contributed by atoms with E-state index in [1.165, 1.54) is 0 Å². The van der Waals surface area contributed by atoms with Crippen molar-refractivity contribution in [3.05, 3.63) is 52.0 Å². The van der Waals surface area contributed by atoms with Gasteiger partial charge >= 0.3 is 0 Å². The monoisotopic (exact) mass is 342 g/mol. The van der Waals surface area contributed by atoms with Crippen LogP contribution < -0.4 is 0 Å². The van der Waals surface area contributed by atoms with Crippen LogP contribution in [0.1, 0.15) is 29.5 Å². The largest absolute Gasteiger partial charge is 0.335 e. The quantitative estimate of drug-likeness (QED) is 0.775. The van der Waals surface area contributed by atoms with Crippen LogP contribution in [0.15, 0.2) is 29.0 Å². The van der Waals surface area contributed by atoms with Crippen LogP contribution in [-0.2, 0) is 13.0 Å². The smallest absolute Gasteiger partial charge is 0.176 e. The summed E-state index contributed by atoms with van der Waals surface area (Å²) in [5, 5.41) is 0. The van der Waals surface area contributed by atoms with Crippen molar-refractivity contribution in [3.8, 4) is 0 Å². The van der Waals surface area contributed by atoms with Crippen molar-refractivity contribution in [2.45, 2.75) is 26.3 Å². The molecule has 3 nitrogen and oxygen atoms in total. The van der Waals surface area contributed by atoms with Crippen molar-refractivity contribution >= 4 is 21.7 Å². The van der Waals surface area contributed by atoms with E-state index in [1.807, 2.05) is 11.5 Å². The first kappa shape index (κ1) is 14.8. The van der Waals surface area contributed by atoms with E-state index in [9.17, 15) is 13.6 Å². The maximum atomic E-state index is 13.7. The van der Waals surface area contributed by atoms with Gasteiger partial charge in [0.2, 0.25) is 0 Å². The first-order chi connectivity index (χ1) is 9.52. The first-order valence-corrected chi connectivity index (χ1v) is 7.00. The molecule has 1 aromatic carbocycles. The van der Waals surface area contributed by atoms with Gasteiger partial charge in [-0.3, -0.25) is 4.79 Å². The van der Waals surface area contributed by atoms with Gasteiger partial charge in [0, 0.05) is 23.4 Å². The number of Topliss-reactive ketones (excluding diaryl/α,β-unsaturated/α-hetero) is 1. The molecule has 0 aliphatic heterocycles. The fraction of sp³-hybridized carbons (Fsp3) is 0.286. The van der Waals surface area contributed by atoms with E-state index in [0.29, 0.717) is 12.4 Å². The molecule has 0 bridgehead atoms. The molecule has 0 aliphatic rings. The van der Waals surface area contributed by atoms with Crippen LogP contribution >= 0.6 is 15.9 Å². The lowest BCUT2D eigenvalue weighted by Crippen LogP contribution is -2.13. The van der Waals surface area contributed by atoms with Crippen LogP contribution in [0.4, 0.5) is 8.78 Å². The minimum absolute atomic E-state index is 0.123. The lowest BCUT2D eigenvalue weighted by molar-refractivity contribution is 0.0981. The molecular weight excluding hydrogens is 330 g/mol. The Morgan fingerprint density at radius 1 is 1.35 bits per heavy atom. The third-order valence-corrected chi connectivity index (χ3v) is 3.33. The van der Waals surface area contributed by atoms with Crippen molar-refractivity contribution < 1.29 is 13.6 Å². The molecule has 0 unspecified atom stereocenters. The number of rotatable bonds is 5. The van der Waals surface area contributed by atoms with Gasteiger partial charge in [0.1, 0.15) is 17.5 Å². The van der Waals surface area contributed by atoms with E-state index in [1.54, 1.807) is 12.4 Å². The molecule has 1 aromatic heterocycles. The van der Waals surface area contributed by atoms with Gasteiger partial charge in [0.25, 0.3) is 0 Å². The summed E-state index contributed by atoms with van der Waals surface area (Å²) in [4.78, 5) is 16.1. The number of hydrogen-bond donors (Lipinski definition) is 0. The number of imidazole rings is 1. The summed E-state index contributed by atoms with van der Waals surface area (Å²) in [6, 6.07) is 2.16. The fourth-order valence-corrected chi connectivity index (χ4v) is 2.39. The fourth-order valence-electron chi connectivity index (χ4n) is 1.99. The standard InChI is InChI=1S/C14H13BrF2N2O/c1-2-4-19-5-3-18-13(19)8-12(20)14-10(16)6-9(15)7-11(14)17/h3,5-7H,2,4,8H2,1H3. The highest BCUT2D eigenvalue weighted by Gasteiger charge is 2.20. The Kier molecular flexibility index (Phi) is 4.65. The average Bonchev–Trinajstić information content (AvgIpc) is 2.75. The molecule has 20 heavy (non-hydrogen) atoms. The van der Waals surface area contributed by atoms with Gasteiger partial charge in [-0.15, -0.1) is 0 Å². The third kappa shape index (κ3) is 3.12. The lowest BCUT2D eigenvalue weighted by atomic mass is 10.1. The lowest BCUT2D eigenvalue weighted by Gasteiger charge is -2.07. The van der Waals surface area contributed by atoms with Crippen LogP contribution in [0.5, 0.6) is 0 Å². The Morgan fingerprint density at radius 3 is 2.60 bits per heavy atom. The average molecular weight is 343 g/mol. The van der Waals surface area contributed by atoms with E-state index < -0.39 is 23.0 Å². The van der Waals surface area contributed by atoms with Crippen LogP contribution in [0.2, 0.25) is 0 Å². The number of aryl methyl sites for hydroxylation is 1. The van der Waals surface area contributed by atoms with Gasteiger partial charge in [0.05, 0.1) is 12.0 Å². The van der Waals surface area contributed by atoms with Gasteiger partial charge in [-0.2, -0.15) is 0 Å². The van der Waals surface area contributed by atoms with Crippen molar-refractivity contribution in [3.63, 3.8) is 0 Å². The Labute approximate surface area is 123 Å². The second-order valence-electron chi connectivity index (χ2n) is 4.38. The molecule has 1 heterocycles. The maximum absolute atomic E-state index is 13.7. The number of carbonyl (C=O) groups excluding carboxylic acids is 1. The predicted molar refractivity (Wildman–Crippen MR) is 74.6 cm³/mol. The zero-order valence-electron chi connectivity index (χ0n) is 10.9. The highest BCUT2D eigenvalue weighted by Crippen LogP contribution is 2.21. The molecule has 0 saturated heterocycles. The molecule has 0 fully saturated rings. The minimum Gasteiger partial charge on any atom is -0.335 e. The maximum Gasteiger partial charge on any atom is 0.176 e. The minimum atomic E-state index is -0.865. The van der Waals surface area contributed by atoms with Crippen LogP contribution in [-0.4, -0.2) is 15.3 Å². The van der Waals surface area contributed by atoms with Crippen LogP contribution in [0.25, 0.3) is 0 Å². The van der Waals surface area contributed by atoms with Crippen LogP contribution in [0.3, 0.4) is 0 Å². The van der Waals surface area contributed by atoms with Crippen molar-refractivity contribution in [2.24, 2.45) is 0 Å². The summed E-state index contributed by atoms with van der Waals surface area (Å²) >= 11 is 2.98. The van der Waals surface area contributed by atoms with E-state index in [0.717, 1.165) is 18.6 Å². The SMILES string of the molecule is CCCn1ccnc1CC(=O)c1c(F)cc(Br)cc1F. The second-order valence-corrected chi connectivity index (χ2v) is 5.30. The van der Waals surface area contributed by atoms with Gasteiger partial charge in [-0.1, -0.05) is 22.9 Å². The Bertz CT molecular complexity index is 617. The molecule has 106 valence electrons. The molecule has 2 rings (SSSR count). The molecular formula is C14H13BrF2N2O. The van der Waals surface area contributed by atoms with E-state index in [4.69, 9.17) is 0 Å². The molecule has 0 radical (unpaired) electrons. The zero-order chi connectivity index (χ0) is 14.7. The Hall–Kier alpha value is -1.56. The zero-order valence-corrected chi connectivity index (χ0v) is 12.5. The summed E-state index contributed by atoms with van der Waals surface area (Å²) in [7, 11) is 0. The molecule has 0 N–H and O–H groups in total. The number of aromatic nitrogens is 2. The molecule has 0 saturated carbocycles. The Morgan fingerprint density at radius 2 is 2.00 bits per heavy atom. The summed E-state index contributed by atoms with van der Waals surface area (Å²) in [6.07, 6.45) is 4.09. The van der Waals surface area contributed by atoms with Gasteiger partial charge in [0.15, 0.2) is 5.78 Å². The number of ketones is 1. The second kappa shape index (κ2) is 6.26.